The number of nitrogens with one attached hydrogen (secondary N) is 1. The quantitative estimate of drug-likeness (QED) is 0.667. The second-order valence-electron chi connectivity index (χ2n) is 5.06. The van der Waals surface area contributed by atoms with Crippen molar-refractivity contribution in [3.05, 3.63) is 0 Å². The molecule has 1 aliphatic rings. The van der Waals surface area contributed by atoms with Gasteiger partial charge in [0.05, 0.1) is 0 Å². The van der Waals surface area contributed by atoms with Crippen LogP contribution in [0.1, 0.15) is 40.5 Å². The summed E-state index contributed by atoms with van der Waals surface area (Å²) >= 11 is 0. The average molecular weight is 229 g/mol. The van der Waals surface area contributed by atoms with Crippen LogP contribution in [0.3, 0.4) is 0 Å². The van der Waals surface area contributed by atoms with E-state index in [1.165, 1.54) is 0 Å². The van der Waals surface area contributed by atoms with Gasteiger partial charge in [0.2, 0.25) is 0 Å². The van der Waals surface area contributed by atoms with E-state index in [0.29, 0.717) is 6.04 Å². The molecule has 0 radical (unpaired) electrons. The van der Waals surface area contributed by atoms with Gasteiger partial charge in [0.15, 0.2) is 0 Å². The second kappa shape index (κ2) is 4.83. The van der Waals surface area contributed by atoms with Crippen molar-refractivity contribution in [2.45, 2.75) is 57.7 Å². The number of hydrogen-bond acceptors (Lipinski definition) is 2. The Kier molecular flexibility index (Phi) is 5.93. The van der Waals surface area contributed by atoms with Gasteiger partial charge in [-0.15, -0.1) is 24.8 Å². The fourth-order valence-electron chi connectivity index (χ4n) is 2.40. The maximum absolute atomic E-state index is 5.95. The van der Waals surface area contributed by atoms with Crippen LogP contribution in [0.2, 0.25) is 0 Å². The van der Waals surface area contributed by atoms with Crippen molar-refractivity contribution < 1.29 is 0 Å². The smallest absolute Gasteiger partial charge is 0.0144 e. The molecule has 1 saturated heterocycles. The predicted molar refractivity (Wildman–Crippen MR) is 63.0 cm³/mol. The first kappa shape index (κ1) is 15.9. The summed E-state index contributed by atoms with van der Waals surface area (Å²) in [6.07, 6.45) is 2.16. The first-order chi connectivity index (χ1) is 4.81. The molecule has 0 unspecified atom stereocenters. The lowest BCUT2D eigenvalue weighted by molar-refractivity contribution is 0.163. The molecule has 1 aliphatic heterocycles. The van der Waals surface area contributed by atoms with Crippen molar-refractivity contribution in [3.63, 3.8) is 0 Å². The normalized spacial score (nSPS) is 25.6. The fourth-order valence-corrected chi connectivity index (χ4v) is 2.40. The van der Waals surface area contributed by atoms with E-state index in [-0.39, 0.29) is 35.9 Å². The average Bonchev–Trinajstić information content (AvgIpc) is 1.49. The molecular formula is C9H22Cl2N2. The maximum atomic E-state index is 5.95. The van der Waals surface area contributed by atoms with Gasteiger partial charge in [0.25, 0.3) is 0 Å². The summed E-state index contributed by atoms with van der Waals surface area (Å²) < 4.78 is 0. The van der Waals surface area contributed by atoms with Gasteiger partial charge in [-0.05, 0) is 40.5 Å². The number of nitrogens with two attached hydrogens (primary N) is 1. The summed E-state index contributed by atoms with van der Waals surface area (Å²) in [5.41, 5.74) is 6.36. The third kappa shape index (κ3) is 5.06. The largest absolute Gasteiger partial charge is 0.328 e. The van der Waals surface area contributed by atoms with Gasteiger partial charge in [0, 0.05) is 17.1 Å². The molecule has 0 saturated carbocycles. The summed E-state index contributed by atoms with van der Waals surface area (Å²) in [5.74, 6) is 0. The van der Waals surface area contributed by atoms with Crippen LogP contribution in [0.4, 0.5) is 0 Å². The van der Waals surface area contributed by atoms with E-state index in [4.69, 9.17) is 5.73 Å². The van der Waals surface area contributed by atoms with Crippen molar-refractivity contribution in [2.24, 2.45) is 5.73 Å². The number of rotatable bonds is 0. The van der Waals surface area contributed by atoms with Crippen LogP contribution in [0.5, 0.6) is 0 Å². The van der Waals surface area contributed by atoms with E-state index < -0.39 is 0 Å². The molecule has 3 N–H and O–H groups in total. The summed E-state index contributed by atoms with van der Waals surface area (Å²) in [6.45, 7) is 8.86. The van der Waals surface area contributed by atoms with Crippen LogP contribution in [-0.4, -0.2) is 17.1 Å². The Labute approximate surface area is 93.8 Å². The summed E-state index contributed by atoms with van der Waals surface area (Å²) in [6, 6.07) is 0.362. The van der Waals surface area contributed by atoms with E-state index in [0.717, 1.165) is 12.8 Å². The van der Waals surface area contributed by atoms with E-state index in [1.54, 1.807) is 0 Å². The molecule has 0 aromatic heterocycles. The molecule has 0 aliphatic carbocycles. The minimum absolute atomic E-state index is 0. The molecule has 13 heavy (non-hydrogen) atoms. The van der Waals surface area contributed by atoms with Gasteiger partial charge in [-0.1, -0.05) is 0 Å². The fraction of sp³-hybridized carbons (Fsp3) is 1.00. The Hall–Kier alpha value is 0.500. The van der Waals surface area contributed by atoms with Crippen LogP contribution in [0.15, 0.2) is 0 Å². The molecule has 82 valence electrons. The minimum Gasteiger partial charge on any atom is -0.328 e. The maximum Gasteiger partial charge on any atom is 0.0144 e. The van der Waals surface area contributed by atoms with Crippen molar-refractivity contribution in [3.8, 4) is 0 Å². The summed E-state index contributed by atoms with van der Waals surface area (Å²) in [7, 11) is 0. The lowest BCUT2D eigenvalue weighted by Gasteiger charge is -2.45. The monoisotopic (exact) mass is 228 g/mol. The van der Waals surface area contributed by atoms with Crippen molar-refractivity contribution in [2.75, 3.05) is 0 Å². The Bertz CT molecular complexity index is 142. The highest BCUT2D eigenvalue weighted by molar-refractivity contribution is 5.85. The number of hydrogen-bond donors (Lipinski definition) is 2. The Morgan fingerprint density at radius 1 is 1.00 bits per heavy atom. The Morgan fingerprint density at radius 2 is 1.31 bits per heavy atom. The first-order valence-electron chi connectivity index (χ1n) is 4.36. The highest BCUT2D eigenvalue weighted by Crippen LogP contribution is 2.26. The molecule has 0 aromatic carbocycles. The molecule has 0 bridgehead atoms. The number of piperidine rings is 1. The first-order valence-corrected chi connectivity index (χ1v) is 4.36. The Balaban J connectivity index is 0. The van der Waals surface area contributed by atoms with Crippen LogP contribution >= 0.6 is 24.8 Å². The SMILES string of the molecule is CC1(C)CC(N)CC(C)(C)N1.Cl.Cl. The molecule has 1 fully saturated rings. The zero-order chi connectivity index (χ0) is 8.70. The third-order valence-corrected chi connectivity index (χ3v) is 2.22. The van der Waals surface area contributed by atoms with E-state index in [2.05, 4.69) is 33.0 Å². The zero-order valence-corrected chi connectivity index (χ0v) is 10.5. The molecular weight excluding hydrogens is 207 g/mol. The lowest BCUT2D eigenvalue weighted by Crippen LogP contribution is -2.60. The number of halogens is 2. The highest BCUT2D eigenvalue weighted by Gasteiger charge is 2.35. The van der Waals surface area contributed by atoms with Gasteiger partial charge in [0.1, 0.15) is 0 Å². The second-order valence-corrected chi connectivity index (χ2v) is 5.06. The molecule has 2 nitrogen and oxygen atoms in total. The van der Waals surface area contributed by atoms with Gasteiger partial charge < -0.3 is 11.1 Å². The topological polar surface area (TPSA) is 38.0 Å². The van der Waals surface area contributed by atoms with Crippen LogP contribution in [0, 0.1) is 0 Å². The summed E-state index contributed by atoms with van der Waals surface area (Å²) in [5, 5.41) is 3.58. The van der Waals surface area contributed by atoms with Gasteiger partial charge >= 0.3 is 0 Å². The van der Waals surface area contributed by atoms with Crippen LogP contribution in [-0.2, 0) is 0 Å². The van der Waals surface area contributed by atoms with Gasteiger partial charge in [-0.2, -0.15) is 0 Å². The standard InChI is InChI=1S/C9H20N2.2ClH/c1-8(2)5-7(10)6-9(3,4)11-8;;/h7,11H,5-6,10H2,1-4H3;2*1H. The molecule has 0 aromatic rings. The Morgan fingerprint density at radius 3 is 1.54 bits per heavy atom. The molecule has 0 amide bonds. The minimum atomic E-state index is 0. The molecule has 4 heteroatoms. The van der Waals surface area contributed by atoms with Crippen molar-refractivity contribution in [1.29, 1.82) is 0 Å². The van der Waals surface area contributed by atoms with Gasteiger partial charge in [-0.3, -0.25) is 0 Å². The summed E-state index contributed by atoms with van der Waals surface area (Å²) in [4.78, 5) is 0. The predicted octanol–water partition coefficient (Wildman–Crippen LogP) is 2.10. The van der Waals surface area contributed by atoms with Crippen molar-refractivity contribution >= 4 is 24.8 Å². The van der Waals surface area contributed by atoms with E-state index in [9.17, 15) is 0 Å². The van der Waals surface area contributed by atoms with E-state index in [1.807, 2.05) is 0 Å². The van der Waals surface area contributed by atoms with Gasteiger partial charge in [-0.25, -0.2) is 0 Å². The molecule has 0 spiro atoms. The van der Waals surface area contributed by atoms with E-state index >= 15 is 0 Å². The molecule has 1 heterocycles. The zero-order valence-electron chi connectivity index (χ0n) is 8.89. The lowest BCUT2D eigenvalue weighted by atomic mass is 9.80. The third-order valence-electron chi connectivity index (χ3n) is 2.22. The molecule has 0 atom stereocenters. The van der Waals surface area contributed by atoms with Crippen LogP contribution < -0.4 is 11.1 Å². The van der Waals surface area contributed by atoms with Crippen molar-refractivity contribution in [1.82, 2.24) is 5.32 Å². The van der Waals surface area contributed by atoms with Crippen LogP contribution in [0.25, 0.3) is 0 Å². The molecule has 1 rings (SSSR count). The highest BCUT2D eigenvalue weighted by atomic mass is 35.5.